The van der Waals surface area contributed by atoms with Crippen molar-refractivity contribution in [2.75, 3.05) is 18.5 Å². The molecule has 2 bridgehead atoms. The highest BCUT2D eigenvalue weighted by atomic mass is 16.6. The number of carbonyl (C=O) groups is 2. The van der Waals surface area contributed by atoms with Crippen LogP contribution in [0.1, 0.15) is 6.42 Å². The first-order valence-electron chi connectivity index (χ1n) is 7.75. The van der Waals surface area contributed by atoms with Gasteiger partial charge < -0.3 is 19.9 Å². The van der Waals surface area contributed by atoms with Gasteiger partial charge in [-0.2, -0.15) is 0 Å². The average molecular weight is 315 g/mol. The number of rotatable bonds is 3. The summed E-state index contributed by atoms with van der Waals surface area (Å²) in [6.45, 7) is 0.985. The summed E-state index contributed by atoms with van der Waals surface area (Å²) in [5, 5.41) is 12.3. The molecule has 3 aliphatic rings. The van der Waals surface area contributed by atoms with Crippen LogP contribution in [0.5, 0.6) is 11.5 Å². The second-order valence-electron chi connectivity index (χ2n) is 6.19. The van der Waals surface area contributed by atoms with Crippen LogP contribution in [0.15, 0.2) is 30.4 Å². The summed E-state index contributed by atoms with van der Waals surface area (Å²) in [6.07, 6.45) is 4.64. The van der Waals surface area contributed by atoms with Crippen LogP contribution in [0, 0.1) is 23.7 Å². The molecule has 1 saturated carbocycles. The Labute approximate surface area is 133 Å². The second-order valence-corrected chi connectivity index (χ2v) is 6.19. The number of ether oxygens (including phenoxy) is 2. The van der Waals surface area contributed by atoms with Crippen molar-refractivity contribution in [2.24, 2.45) is 23.7 Å². The molecule has 0 saturated heterocycles. The van der Waals surface area contributed by atoms with Crippen LogP contribution < -0.4 is 14.8 Å². The number of hydrogen-bond acceptors (Lipinski definition) is 4. The number of anilines is 1. The number of allylic oxidation sites excluding steroid dienone is 2. The number of carbonyl (C=O) groups excluding carboxylic acids is 1. The van der Waals surface area contributed by atoms with Crippen LogP contribution in [0.2, 0.25) is 0 Å². The van der Waals surface area contributed by atoms with Gasteiger partial charge in [-0.15, -0.1) is 0 Å². The van der Waals surface area contributed by atoms with E-state index in [1.54, 1.807) is 18.2 Å². The summed E-state index contributed by atoms with van der Waals surface area (Å²) < 4.78 is 10.9. The van der Waals surface area contributed by atoms with Crippen LogP contribution >= 0.6 is 0 Å². The van der Waals surface area contributed by atoms with Crippen molar-refractivity contribution >= 4 is 17.6 Å². The van der Waals surface area contributed by atoms with Crippen molar-refractivity contribution < 1.29 is 24.2 Å². The third-order valence-electron chi connectivity index (χ3n) is 4.86. The van der Waals surface area contributed by atoms with Gasteiger partial charge in [-0.1, -0.05) is 12.2 Å². The summed E-state index contributed by atoms with van der Waals surface area (Å²) >= 11 is 0. The Kier molecular flexibility index (Phi) is 3.25. The molecule has 2 N–H and O–H groups in total. The fourth-order valence-electron chi connectivity index (χ4n) is 3.86. The average Bonchev–Trinajstić information content (AvgIpc) is 3.15. The van der Waals surface area contributed by atoms with Gasteiger partial charge in [-0.05, 0) is 30.4 Å². The maximum Gasteiger partial charge on any atom is 0.307 e. The normalized spacial score (nSPS) is 30.3. The Hall–Kier alpha value is -2.50. The molecule has 1 heterocycles. The van der Waals surface area contributed by atoms with Gasteiger partial charge in [0, 0.05) is 11.8 Å². The Morgan fingerprint density at radius 2 is 1.74 bits per heavy atom. The lowest BCUT2D eigenvalue weighted by Crippen LogP contribution is -2.36. The molecule has 1 aromatic carbocycles. The number of nitrogens with one attached hydrogen (secondary N) is 1. The standard InChI is InChI=1S/C17H17NO5/c19-16(14-9-1-2-10(7-9)15(14)17(20)21)18-11-3-4-12-13(8-11)23-6-5-22-12/h1-4,8-10,14-15H,5-7H2,(H,18,19)(H,20,21)/t9-,10+,14-,15+/m1/s1. The molecule has 1 aliphatic heterocycles. The van der Waals surface area contributed by atoms with Crippen molar-refractivity contribution in [3.63, 3.8) is 0 Å². The lowest BCUT2D eigenvalue weighted by Gasteiger charge is -2.24. The van der Waals surface area contributed by atoms with Crippen LogP contribution in [-0.2, 0) is 9.59 Å². The van der Waals surface area contributed by atoms with Crippen LogP contribution in [-0.4, -0.2) is 30.2 Å². The summed E-state index contributed by atoms with van der Waals surface area (Å²) in [5.74, 6) is -1.07. The van der Waals surface area contributed by atoms with Gasteiger partial charge in [-0.3, -0.25) is 9.59 Å². The van der Waals surface area contributed by atoms with Gasteiger partial charge in [-0.25, -0.2) is 0 Å². The zero-order chi connectivity index (χ0) is 16.0. The zero-order valence-electron chi connectivity index (χ0n) is 12.4. The van der Waals surface area contributed by atoms with Gasteiger partial charge in [0.25, 0.3) is 0 Å². The van der Waals surface area contributed by atoms with Gasteiger partial charge in [0.2, 0.25) is 5.91 Å². The molecule has 0 radical (unpaired) electrons. The van der Waals surface area contributed by atoms with Crippen molar-refractivity contribution in [3.8, 4) is 11.5 Å². The Morgan fingerprint density at radius 3 is 2.48 bits per heavy atom. The van der Waals surface area contributed by atoms with E-state index in [-0.39, 0.29) is 17.7 Å². The van der Waals surface area contributed by atoms with Gasteiger partial charge >= 0.3 is 5.97 Å². The number of carboxylic acid groups (broad SMARTS) is 1. The zero-order valence-corrected chi connectivity index (χ0v) is 12.4. The molecule has 2 aliphatic carbocycles. The molecule has 23 heavy (non-hydrogen) atoms. The quantitative estimate of drug-likeness (QED) is 0.832. The molecule has 0 aromatic heterocycles. The minimum atomic E-state index is -0.899. The summed E-state index contributed by atoms with van der Waals surface area (Å²) in [4.78, 5) is 24.1. The smallest absolute Gasteiger partial charge is 0.307 e. The van der Waals surface area contributed by atoms with Crippen molar-refractivity contribution in [1.29, 1.82) is 0 Å². The molecule has 6 heteroatoms. The topological polar surface area (TPSA) is 84.9 Å². The monoisotopic (exact) mass is 315 g/mol. The number of amides is 1. The SMILES string of the molecule is O=C(O)[C@@H]1[C@H](C(=O)Nc2ccc3c(c2)OCCO3)[C@@H]2C=C[C@H]1C2. The number of aliphatic carboxylic acids is 1. The van der Waals surface area contributed by atoms with Crippen LogP contribution in [0.25, 0.3) is 0 Å². The molecule has 1 amide bonds. The summed E-state index contributed by atoms with van der Waals surface area (Å²) in [6, 6.07) is 5.20. The van der Waals surface area contributed by atoms with Crippen molar-refractivity contribution in [3.05, 3.63) is 30.4 Å². The van der Waals surface area contributed by atoms with E-state index in [4.69, 9.17) is 9.47 Å². The number of carboxylic acids is 1. The molecule has 6 nitrogen and oxygen atoms in total. The lowest BCUT2D eigenvalue weighted by molar-refractivity contribution is -0.146. The Morgan fingerprint density at radius 1 is 1.04 bits per heavy atom. The Balaban J connectivity index is 1.54. The molecule has 0 spiro atoms. The molecular formula is C17H17NO5. The molecule has 4 atom stereocenters. The highest BCUT2D eigenvalue weighted by molar-refractivity contribution is 5.96. The first kappa shape index (κ1) is 14.1. The predicted molar refractivity (Wildman–Crippen MR) is 81.4 cm³/mol. The van der Waals surface area contributed by atoms with Crippen molar-refractivity contribution in [2.45, 2.75) is 6.42 Å². The van der Waals surface area contributed by atoms with E-state index in [0.29, 0.717) is 30.4 Å². The molecule has 0 unspecified atom stereocenters. The van der Waals surface area contributed by atoms with Gasteiger partial charge in [0.05, 0.1) is 11.8 Å². The van der Waals surface area contributed by atoms with E-state index in [1.807, 2.05) is 12.2 Å². The van der Waals surface area contributed by atoms with E-state index in [1.165, 1.54) is 0 Å². The number of benzene rings is 1. The Bertz CT molecular complexity index is 698. The van der Waals surface area contributed by atoms with Crippen LogP contribution in [0.3, 0.4) is 0 Å². The maximum absolute atomic E-state index is 12.6. The lowest BCUT2D eigenvalue weighted by atomic mass is 9.82. The van der Waals surface area contributed by atoms with E-state index in [2.05, 4.69) is 5.32 Å². The number of hydrogen-bond donors (Lipinski definition) is 2. The predicted octanol–water partition coefficient (Wildman–Crippen LogP) is 1.92. The number of fused-ring (bicyclic) bond motifs is 3. The van der Waals surface area contributed by atoms with E-state index in [9.17, 15) is 14.7 Å². The van der Waals surface area contributed by atoms with E-state index < -0.39 is 17.8 Å². The first-order valence-corrected chi connectivity index (χ1v) is 7.75. The first-order chi connectivity index (χ1) is 11.1. The fraction of sp³-hybridized carbons (Fsp3) is 0.412. The molecular weight excluding hydrogens is 298 g/mol. The third-order valence-corrected chi connectivity index (χ3v) is 4.86. The molecule has 1 aromatic rings. The second kappa shape index (κ2) is 5.30. The fourth-order valence-corrected chi connectivity index (χ4v) is 3.86. The minimum Gasteiger partial charge on any atom is -0.486 e. The minimum absolute atomic E-state index is 0.0123. The summed E-state index contributed by atoms with van der Waals surface area (Å²) in [7, 11) is 0. The highest BCUT2D eigenvalue weighted by Gasteiger charge is 2.51. The molecule has 1 fully saturated rings. The van der Waals surface area contributed by atoms with Gasteiger partial charge in [0.1, 0.15) is 13.2 Å². The van der Waals surface area contributed by atoms with E-state index in [0.717, 1.165) is 6.42 Å². The molecule has 120 valence electrons. The molecule has 4 rings (SSSR count). The third kappa shape index (κ3) is 2.34. The van der Waals surface area contributed by atoms with E-state index >= 15 is 0 Å². The highest BCUT2D eigenvalue weighted by Crippen LogP contribution is 2.48. The summed E-state index contributed by atoms with van der Waals surface area (Å²) in [5.41, 5.74) is 0.593. The van der Waals surface area contributed by atoms with Crippen LogP contribution in [0.4, 0.5) is 5.69 Å². The maximum atomic E-state index is 12.6. The van der Waals surface area contributed by atoms with Crippen molar-refractivity contribution in [1.82, 2.24) is 0 Å². The van der Waals surface area contributed by atoms with Gasteiger partial charge in [0.15, 0.2) is 11.5 Å². The largest absolute Gasteiger partial charge is 0.486 e.